The lowest BCUT2D eigenvalue weighted by Crippen LogP contribution is -2.33. The van der Waals surface area contributed by atoms with E-state index in [1.54, 1.807) is 0 Å². The first-order valence-corrected chi connectivity index (χ1v) is 3.98. The maximum Gasteiger partial charge on any atom is 0.129 e. The first-order valence-electron chi connectivity index (χ1n) is 3.98. The van der Waals surface area contributed by atoms with Crippen molar-refractivity contribution in [2.24, 2.45) is 5.73 Å². The van der Waals surface area contributed by atoms with Crippen molar-refractivity contribution < 1.29 is 0 Å². The van der Waals surface area contributed by atoms with Crippen LogP contribution in [0, 0.1) is 11.3 Å². The van der Waals surface area contributed by atoms with Crippen LogP contribution in [-0.4, -0.2) is 0 Å². The third-order valence-electron chi connectivity index (χ3n) is 2.05. The SMILES string of the molecule is CCC(N)(C#N)c1ccccc1.Cl. The molecule has 1 atom stereocenters. The normalized spacial score (nSPS) is 13.6. The smallest absolute Gasteiger partial charge is 0.129 e. The van der Waals surface area contributed by atoms with Gasteiger partial charge >= 0.3 is 0 Å². The van der Waals surface area contributed by atoms with E-state index in [0.717, 1.165) is 5.56 Å². The first kappa shape index (κ1) is 12.0. The summed E-state index contributed by atoms with van der Waals surface area (Å²) in [6.07, 6.45) is 0.632. The molecule has 0 radical (unpaired) electrons. The standard InChI is InChI=1S/C10H12N2.ClH/c1-2-10(12,8-11)9-6-4-3-5-7-9;/h3-7H,2,12H2,1H3;1H. The molecule has 0 aliphatic heterocycles. The molecule has 0 aromatic heterocycles. The quantitative estimate of drug-likeness (QED) is 0.789. The van der Waals surface area contributed by atoms with Crippen molar-refractivity contribution in [1.82, 2.24) is 0 Å². The largest absolute Gasteiger partial charge is 0.310 e. The van der Waals surface area contributed by atoms with Crippen molar-refractivity contribution in [1.29, 1.82) is 5.26 Å². The van der Waals surface area contributed by atoms with Crippen LogP contribution in [0.15, 0.2) is 30.3 Å². The molecule has 1 aromatic rings. The molecular weight excluding hydrogens is 184 g/mol. The van der Waals surface area contributed by atoms with Crippen LogP contribution in [0.5, 0.6) is 0 Å². The van der Waals surface area contributed by atoms with Crippen molar-refractivity contribution in [3.63, 3.8) is 0 Å². The highest BCUT2D eigenvalue weighted by Crippen LogP contribution is 2.19. The van der Waals surface area contributed by atoms with Gasteiger partial charge in [-0.1, -0.05) is 37.3 Å². The monoisotopic (exact) mass is 196 g/mol. The van der Waals surface area contributed by atoms with E-state index >= 15 is 0 Å². The Balaban J connectivity index is 0.00000144. The van der Waals surface area contributed by atoms with Crippen molar-refractivity contribution in [3.8, 4) is 6.07 Å². The van der Waals surface area contributed by atoms with Crippen LogP contribution in [0.2, 0.25) is 0 Å². The third kappa shape index (κ3) is 2.45. The lowest BCUT2D eigenvalue weighted by atomic mass is 9.90. The Kier molecular flexibility index (Phi) is 4.47. The van der Waals surface area contributed by atoms with Crippen molar-refractivity contribution in [3.05, 3.63) is 35.9 Å². The number of rotatable bonds is 2. The zero-order valence-electron chi connectivity index (χ0n) is 7.53. The number of nitriles is 1. The third-order valence-corrected chi connectivity index (χ3v) is 2.05. The van der Waals surface area contributed by atoms with E-state index in [2.05, 4.69) is 6.07 Å². The van der Waals surface area contributed by atoms with Gasteiger partial charge in [0.05, 0.1) is 6.07 Å². The van der Waals surface area contributed by atoms with Crippen molar-refractivity contribution in [2.75, 3.05) is 0 Å². The Morgan fingerprint density at radius 3 is 2.31 bits per heavy atom. The minimum atomic E-state index is -0.818. The van der Waals surface area contributed by atoms with E-state index in [1.165, 1.54) is 0 Å². The second-order valence-electron chi connectivity index (χ2n) is 2.80. The predicted molar refractivity (Wildman–Crippen MR) is 55.5 cm³/mol. The Morgan fingerprint density at radius 2 is 1.92 bits per heavy atom. The molecule has 2 N–H and O–H groups in total. The summed E-state index contributed by atoms with van der Waals surface area (Å²) >= 11 is 0. The highest BCUT2D eigenvalue weighted by molar-refractivity contribution is 5.85. The minimum Gasteiger partial charge on any atom is -0.310 e. The van der Waals surface area contributed by atoms with E-state index < -0.39 is 5.54 Å². The number of nitrogens with two attached hydrogens (primary N) is 1. The minimum absolute atomic E-state index is 0. The van der Waals surface area contributed by atoms with E-state index in [9.17, 15) is 0 Å². The summed E-state index contributed by atoms with van der Waals surface area (Å²) in [5.41, 5.74) is 5.92. The number of benzene rings is 1. The topological polar surface area (TPSA) is 49.8 Å². The van der Waals surface area contributed by atoms with Gasteiger partial charge < -0.3 is 5.73 Å². The number of nitrogens with zero attached hydrogens (tertiary/aromatic N) is 1. The molecule has 3 heteroatoms. The second kappa shape index (κ2) is 4.86. The molecule has 0 heterocycles. The lowest BCUT2D eigenvalue weighted by molar-refractivity contribution is 0.555. The van der Waals surface area contributed by atoms with Crippen molar-refractivity contribution >= 4 is 12.4 Å². The number of halogens is 1. The molecule has 1 rings (SSSR count). The fourth-order valence-electron chi connectivity index (χ4n) is 1.08. The van der Waals surface area contributed by atoms with Crippen LogP contribution in [0.1, 0.15) is 18.9 Å². The maximum atomic E-state index is 8.86. The summed E-state index contributed by atoms with van der Waals surface area (Å²) < 4.78 is 0. The second-order valence-corrected chi connectivity index (χ2v) is 2.80. The molecule has 0 aliphatic carbocycles. The van der Waals surface area contributed by atoms with Gasteiger partial charge in [-0.25, -0.2) is 0 Å². The Bertz CT molecular complexity index is 292. The van der Waals surface area contributed by atoms with Crippen molar-refractivity contribution in [2.45, 2.75) is 18.9 Å². The van der Waals surface area contributed by atoms with E-state index in [-0.39, 0.29) is 12.4 Å². The van der Waals surface area contributed by atoms with Gasteiger partial charge in [-0.05, 0) is 12.0 Å². The van der Waals surface area contributed by atoms with Gasteiger partial charge in [0.25, 0.3) is 0 Å². The zero-order valence-corrected chi connectivity index (χ0v) is 8.34. The summed E-state index contributed by atoms with van der Waals surface area (Å²) in [5.74, 6) is 0. The fourth-order valence-corrected chi connectivity index (χ4v) is 1.08. The molecule has 2 nitrogen and oxygen atoms in total. The molecule has 70 valence electrons. The Hall–Kier alpha value is -1.04. The molecule has 0 saturated heterocycles. The van der Waals surface area contributed by atoms with Crippen LogP contribution in [-0.2, 0) is 5.54 Å². The Morgan fingerprint density at radius 1 is 1.38 bits per heavy atom. The van der Waals surface area contributed by atoms with Crippen LogP contribution in [0.3, 0.4) is 0 Å². The highest BCUT2D eigenvalue weighted by Gasteiger charge is 2.23. The summed E-state index contributed by atoms with van der Waals surface area (Å²) in [4.78, 5) is 0. The van der Waals surface area contributed by atoms with E-state index in [4.69, 9.17) is 11.0 Å². The van der Waals surface area contributed by atoms with Crippen LogP contribution in [0.4, 0.5) is 0 Å². The molecule has 1 aromatic carbocycles. The predicted octanol–water partition coefficient (Wildman–Crippen LogP) is 2.20. The summed E-state index contributed by atoms with van der Waals surface area (Å²) in [7, 11) is 0. The first-order chi connectivity index (χ1) is 5.73. The van der Waals surface area contributed by atoms with Crippen LogP contribution >= 0.6 is 12.4 Å². The van der Waals surface area contributed by atoms with Gasteiger partial charge in [0.1, 0.15) is 5.54 Å². The summed E-state index contributed by atoms with van der Waals surface area (Å²) in [5, 5.41) is 8.86. The van der Waals surface area contributed by atoms with Gasteiger partial charge in [-0.15, -0.1) is 12.4 Å². The molecule has 13 heavy (non-hydrogen) atoms. The molecule has 0 spiro atoms. The Labute approximate surface area is 84.8 Å². The fraction of sp³-hybridized carbons (Fsp3) is 0.300. The van der Waals surface area contributed by atoms with Gasteiger partial charge in [0.2, 0.25) is 0 Å². The lowest BCUT2D eigenvalue weighted by Gasteiger charge is -2.19. The van der Waals surface area contributed by atoms with Gasteiger partial charge in [-0.2, -0.15) is 5.26 Å². The molecule has 1 unspecified atom stereocenters. The maximum absolute atomic E-state index is 8.86. The number of hydrogen-bond donors (Lipinski definition) is 1. The average Bonchev–Trinajstić information content (AvgIpc) is 2.18. The molecule has 0 aliphatic rings. The summed E-state index contributed by atoms with van der Waals surface area (Å²) in [6, 6.07) is 11.6. The van der Waals surface area contributed by atoms with E-state index in [0.29, 0.717) is 6.42 Å². The van der Waals surface area contributed by atoms with Crippen LogP contribution < -0.4 is 5.73 Å². The van der Waals surface area contributed by atoms with Gasteiger partial charge in [-0.3, -0.25) is 0 Å². The molecule has 0 saturated carbocycles. The molecular formula is C10H13ClN2. The van der Waals surface area contributed by atoms with Crippen LogP contribution in [0.25, 0.3) is 0 Å². The molecule has 0 fully saturated rings. The van der Waals surface area contributed by atoms with E-state index in [1.807, 2.05) is 37.3 Å². The number of hydrogen-bond acceptors (Lipinski definition) is 2. The summed E-state index contributed by atoms with van der Waals surface area (Å²) in [6.45, 7) is 1.91. The average molecular weight is 197 g/mol. The highest BCUT2D eigenvalue weighted by atomic mass is 35.5. The zero-order chi connectivity index (χ0) is 9.03. The van der Waals surface area contributed by atoms with Gasteiger partial charge in [0.15, 0.2) is 0 Å². The molecule has 0 amide bonds. The van der Waals surface area contributed by atoms with Gasteiger partial charge in [0, 0.05) is 0 Å². The molecule has 0 bridgehead atoms.